The number of carbonyl (C=O) groups is 1. The summed E-state index contributed by atoms with van der Waals surface area (Å²) in [7, 11) is 3.18. The highest BCUT2D eigenvalue weighted by Gasteiger charge is 2.36. The lowest BCUT2D eigenvalue weighted by Crippen LogP contribution is -2.33. The maximum atomic E-state index is 11.6. The van der Waals surface area contributed by atoms with Gasteiger partial charge in [-0.1, -0.05) is 42.7 Å². The summed E-state index contributed by atoms with van der Waals surface area (Å²) in [5.74, 6) is -0.387. The van der Waals surface area contributed by atoms with Gasteiger partial charge in [-0.2, -0.15) is 0 Å². The van der Waals surface area contributed by atoms with Crippen molar-refractivity contribution >= 4 is 5.97 Å². The zero-order valence-corrected chi connectivity index (χ0v) is 20.7. The molecule has 32 heavy (non-hydrogen) atoms. The highest BCUT2D eigenvalue weighted by Crippen LogP contribution is 2.42. The van der Waals surface area contributed by atoms with Crippen molar-refractivity contribution < 1.29 is 23.7 Å². The zero-order chi connectivity index (χ0) is 23.3. The molecule has 2 heterocycles. The fourth-order valence-corrected chi connectivity index (χ4v) is 5.27. The van der Waals surface area contributed by atoms with Gasteiger partial charge in [0.1, 0.15) is 0 Å². The first-order valence-electron chi connectivity index (χ1n) is 11.9. The molecule has 0 saturated heterocycles. The van der Waals surface area contributed by atoms with E-state index in [1.54, 1.807) is 18.3 Å². The molecular weight excluding hydrogens is 404 g/mol. The molecule has 3 unspecified atom stereocenters. The van der Waals surface area contributed by atoms with E-state index in [9.17, 15) is 4.79 Å². The minimum absolute atomic E-state index is 0.271. The van der Waals surface area contributed by atoms with Crippen molar-refractivity contribution in [2.24, 2.45) is 5.41 Å². The van der Waals surface area contributed by atoms with Crippen LogP contribution in [0, 0.1) is 5.41 Å². The summed E-state index contributed by atoms with van der Waals surface area (Å²) >= 11 is 0. The van der Waals surface area contributed by atoms with Crippen molar-refractivity contribution in [3.8, 4) is 0 Å². The molecule has 0 aromatic heterocycles. The molecule has 0 radical (unpaired) electrons. The Bertz CT molecular complexity index is 814. The number of hydrogen-bond donors (Lipinski definition) is 0. The molecule has 5 heteroatoms. The SMILES string of the molecule is COC1OC(C2=CC(=O)OC2OC)CC=C1CC/C=C(\C)CCC1=C(C)CCCC1(C)C. The zero-order valence-electron chi connectivity index (χ0n) is 20.7. The second-order valence-corrected chi connectivity index (χ2v) is 9.94. The van der Waals surface area contributed by atoms with Crippen LogP contribution in [0.15, 0.2) is 46.1 Å². The summed E-state index contributed by atoms with van der Waals surface area (Å²) in [5, 5.41) is 0. The third kappa shape index (κ3) is 6.00. The normalized spacial score (nSPS) is 28.5. The van der Waals surface area contributed by atoms with E-state index in [0.29, 0.717) is 11.8 Å². The Morgan fingerprint density at radius 3 is 2.66 bits per heavy atom. The van der Waals surface area contributed by atoms with E-state index in [4.69, 9.17) is 18.9 Å². The topological polar surface area (TPSA) is 54.0 Å². The minimum atomic E-state index is -0.668. The van der Waals surface area contributed by atoms with E-state index in [0.717, 1.165) is 30.4 Å². The molecule has 0 aromatic rings. The van der Waals surface area contributed by atoms with Crippen LogP contribution in [0.3, 0.4) is 0 Å². The molecule has 0 amide bonds. The van der Waals surface area contributed by atoms with Crippen molar-refractivity contribution in [3.05, 3.63) is 46.1 Å². The van der Waals surface area contributed by atoms with Crippen LogP contribution in [0.4, 0.5) is 0 Å². The average Bonchev–Trinajstić information content (AvgIpc) is 3.13. The van der Waals surface area contributed by atoms with Gasteiger partial charge in [-0.15, -0.1) is 0 Å². The van der Waals surface area contributed by atoms with Crippen LogP contribution < -0.4 is 0 Å². The molecule has 2 aliphatic heterocycles. The third-order valence-corrected chi connectivity index (χ3v) is 7.15. The van der Waals surface area contributed by atoms with E-state index >= 15 is 0 Å². The summed E-state index contributed by atoms with van der Waals surface area (Å²) in [6, 6.07) is 0. The van der Waals surface area contributed by atoms with Gasteiger partial charge in [0.25, 0.3) is 0 Å². The number of hydrogen-bond acceptors (Lipinski definition) is 5. The molecule has 3 rings (SSSR count). The number of esters is 1. The van der Waals surface area contributed by atoms with Crippen LogP contribution in [0.1, 0.15) is 79.1 Å². The predicted octanol–water partition coefficient (Wildman–Crippen LogP) is 6.16. The molecule has 3 aliphatic rings. The Kier molecular flexibility index (Phi) is 8.54. The molecule has 178 valence electrons. The predicted molar refractivity (Wildman–Crippen MR) is 126 cm³/mol. The highest BCUT2D eigenvalue weighted by atomic mass is 16.7. The number of rotatable bonds is 9. The largest absolute Gasteiger partial charge is 0.428 e. The Balaban J connectivity index is 1.53. The summed E-state index contributed by atoms with van der Waals surface area (Å²) in [5.41, 5.74) is 6.95. The van der Waals surface area contributed by atoms with Crippen molar-refractivity contribution in [2.75, 3.05) is 14.2 Å². The lowest BCUT2D eigenvalue weighted by molar-refractivity contribution is -0.162. The van der Waals surface area contributed by atoms with Gasteiger partial charge >= 0.3 is 5.97 Å². The van der Waals surface area contributed by atoms with Crippen molar-refractivity contribution in [1.29, 1.82) is 0 Å². The molecule has 0 bridgehead atoms. The molecule has 0 fully saturated rings. The molecule has 0 aromatic carbocycles. The van der Waals surface area contributed by atoms with Crippen molar-refractivity contribution in [2.45, 2.75) is 97.7 Å². The summed E-state index contributed by atoms with van der Waals surface area (Å²) < 4.78 is 22.1. The highest BCUT2D eigenvalue weighted by molar-refractivity contribution is 5.85. The molecule has 0 spiro atoms. The average molecular weight is 445 g/mol. The standard InChI is InChI=1S/C27H40O5/c1-18(12-14-22-19(2)10-8-16-27(22,3)4)9-7-11-20-13-15-23(31-25(20)29-5)21-17-24(28)32-26(21)30-6/h9,13,17,23,25-26H,7-8,10-12,14-16H2,1-6H3/b18-9+. The number of ether oxygens (including phenoxy) is 4. The van der Waals surface area contributed by atoms with Gasteiger partial charge in [-0.25, -0.2) is 4.79 Å². The van der Waals surface area contributed by atoms with Crippen LogP contribution in [-0.2, 0) is 23.7 Å². The van der Waals surface area contributed by atoms with Crippen LogP contribution in [0.5, 0.6) is 0 Å². The van der Waals surface area contributed by atoms with Gasteiger partial charge in [0.2, 0.25) is 6.29 Å². The first kappa shape index (κ1) is 24.9. The fourth-order valence-electron chi connectivity index (χ4n) is 5.27. The van der Waals surface area contributed by atoms with E-state index in [-0.39, 0.29) is 12.1 Å². The quantitative estimate of drug-likeness (QED) is 0.315. The van der Waals surface area contributed by atoms with Gasteiger partial charge in [0.05, 0.1) is 6.10 Å². The van der Waals surface area contributed by atoms with Gasteiger partial charge in [-0.3, -0.25) is 0 Å². The number of cyclic esters (lactones) is 1. The molecule has 0 saturated carbocycles. The first-order chi connectivity index (χ1) is 15.2. The number of methoxy groups -OCH3 is 2. The van der Waals surface area contributed by atoms with Crippen LogP contribution in [0.25, 0.3) is 0 Å². The molecule has 5 nitrogen and oxygen atoms in total. The van der Waals surface area contributed by atoms with Crippen LogP contribution in [-0.4, -0.2) is 38.9 Å². The monoisotopic (exact) mass is 444 g/mol. The third-order valence-electron chi connectivity index (χ3n) is 7.15. The van der Waals surface area contributed by atoms with E-state index in [1.807, 2.05) is 0 Å². The maximum absolute atomic E-state index is 11.6. The van der Waals surface area contributed by atoms with E-state index in [1.165, 1.54) is 44.4 Å². The first-order valence-corrected chi connectivity index (χ1v) is 11.9. The molecule has 0 N–H and O–H groups in total. The van der Waals surface area contributed by atoms with Crippen LogP contribution >= 0.6 is 0 Å². The summed E-state index contributed by atoms with van der Waals surface area (Å²) in [4.78, 5) is 11.6. The van der Waals surface area contributed by atoms with E-state index in [2.05, 4.69) is 39.8 Å². The second-order valence-electron chi connectivity index (χ2n) is 9.94. The number of allylic oxidation sites excluding steroid dienone is 4. The maximum Gasteiger partial charge on any atom is 0.333 e. The summed E-state index contributed by atoms with van der Waals surface area (Å²) in [6.45, 7) is 9.36. The van der Waals surface area contributed by atoms with Gasteiger partial charge in [-0.05, 0) is 76.2 Å². The lowest BCUT2D eigenvalue weighted by Gasteiger charge is -2.35. The Labute approximate surface area is 193 Å². The lowest BCUT2D eigenvalue weighted by atomic mass is 9.71. The summed E-state index contributed by atoms with van der Waals surface area (Å²) in [6.07, 6.45) is 13.4. The Morgan fingerprint density at radius 1 is 1.22 bits per heavy atom. The molecule has 1 aliphatic carbocycles. The Morgan fingerprint density at radius 2 is 1.97 bits per heavy atom. The number of carbonyl (C=O) groups excluding carboxylic acids is 1. The smallest absolute Gasteiger partial charge is 0.333 e. The fraction of sp³-hybridized carbons (Fsp3) is 0.667. The van der Waals surface area contributed by atoms with Crippen molar-refractivity contribution in [3.63, 3.8) is 0 Å². The van der Waals surface area contributed by atoms with E-state index < -0.39 is 12.6 Å². The molecule has 3 atom stereocenters. The second kappa shape index (κ2) is 11.0. The van der Waals surface area contributed by atoms with Crippen molar-refractivity contribution in [1.82, 2.24) is 0 Å². The van der Waals surface area contributed by atoms with Gasteiger partial charge in [0, 0.05) is 25.9 Å². The van der Waals surface area contributed by atoms with Gasteiger partial charge in [0.15, 0.2) is 6.29 Å². The van der Waals surface area contributed by atoms with Crippen LogP contribution in [0.2, 0.25) is 0 Å². The molecular formula is C27H40O5. The van der Waals surface area contributed by atoms with Gasteiger partial charge < -0.3 is 18.9 Å². The minimum Gasteiger partial charge on any atom is -0.428 e. The Hall–Kier alpha value is -1.69.